The zero-order valence-electron chi connectivity index (χ0n) is 19.4. The van der Waals surface area contributed by atoms with Crippen molar-refractivity contribution in [2.75, 3.05) is 0 Å². The second-order valence-electron chi connectivity index (χ2n) is 11.5. The summed E-state index contributed by atoms with van der Waals surface area (Å²) in [6, 6.07) is 10.9. The predicted molar refractivity (Wildman–Crippen MR) is 124 cm³/mol. The van der Waals surface area contributed by atoms with E-state index in [2.05, 4.69) is 55.6 Å². The van der Waals surface area contributed by atoms with E-state index in [1.165, 1.54) is 17.6 Å². The fourth-order valence-corrected chi connectivity index (χ4v) is 8.48. The van der Waals surface area contributed by atoms with Crippen molar-refractivity contribution in [1.29, 1.82) is 0 Å². The van der Waals surface area contributed by atoms with E-state index >= 15 is 0 Å². The zero-order chi connectivity index (χ0) is 21.8. The standard InChI is InChI=1S/C28H39NO2/c1-18(30)26-25(29-17-19-7-5-4-6-8-19)16-24-22-10-9-20-15-21(31)11-13-27(20,2)23(22)12-14-28(24,26)3/h4-9,21-26,29,31H,10-17H2,1-3H3/t21-,22+,23-,24-,25?,26?,27-,28-/m0/s1. The van der Waals surface area contributed by atoms with E-state index < -0.39 is 0 Å². The molecule has 1 aromatic rings. The van der Waals surface area contributed by atoms with Crippen molar-refractivity contribution in [3.05, 3.63) is 47.5 Å². The largest absolute Gasteiger partial charge is 0.393 e. The number of hydrogen-bond donors (Lipinski definition) is 2. The molecule has 4 aliphatic rings. The lowest BCUT2D eigenvalue weighted by molar-refractivity contribution is -0.128. The van der Waals surface area contributed by atoms with Gasteiger partial charge in [0.2, 0.25) is 0 Å². The number of rotatable bonds is 4. The summed E-state index contributed by atoms with van der Waals surface area (Å²) in [5, 5.41) is 14.1. The summed E-state index contributed by atoms with van der Waals surface area (Å²) in [6.07, 6.45) is 9.93. The molecule has 0 aromatic heterocycles. The summed E-state index contributed by atoms with van der Waals surface area (Å²) in [7, 11) is 0. The molecule has 0 heterocycles. The average molecular weight is 422 g/mol. The Morgan fingerprint density at radius 1 is 1.13 bits per heavy atom. The molecule has 0 saturated heterocycles. The first-order valence-corrected chi connectivity index (χ1v) is 12.5. The van der Waals surface area contributed by atoms with Gasteiger partial charge in [0.1, 0.15) is 5.78 Å². The molecule has 168 valence electrons. The Morgan fingerprint density at radius 3 is 2.65 bits per heavy atom. The van der Waals surface area contributed by atoms with Crippen LogP contribution >= 0.6 is 0 Å². The molecule has 1 aromatic carbocycles. The molecule has 0 aliphatic heterocycles. The van der Waals surface area contributed by atoms with E-state index in [-0.39, 0.29) is 28.9 Å². The first-order chi connectivity index (χ1) is 14.8. The van der Waals surface area contributed by atoms with Crippen LogP contribution in [0.15, 0.2) is 42.0 Å². The number of Topliss-reactive ketones (excluding diaryl/α,β-unsaturated/α-hetero) is 1. The number of nitrogens with one attached hydrogen (secondary N) is 1. The molecule has 0 amide bonds. The highest BCUT2D eigenvalue weighted by atomic mass is 16.3. The first kappa shape index (κ1) is 21.4. The summed E-state index contributed by atoms with van der Waals surface area (Å²) in [5.41, 5.74) is 3.18. The van der Waals surface area contributed by atoms with Crippen molar-refractivity contribution in [1.82, 2.24) is 5.32 Å². The summed E-state index contributed by atoms with van der Waals surface area (Å²) < 4.78 is 0. The Bertz CT molecular complexity index is 863. The highest BCUT2D eigenvalue weighted by Gasteiger charge is 2.61. The Morgan fingerprint density at radius 2 is 1.90 bits per heavy atom. The van der Waals surface area contributed by atoms with Gasteiger partial charge in [0, 0.05) is 18.5 Å². The van der Waals surface area contributed by atoms with Gasteiger partial charge >= 0.3 is 0 Å². The molecule has 31 heavy (non-hydrogen) atoms. The molecule has 2 unspecified atom stereocenters. The van der Waals surface area contributed by atoms with Gasteiger partial charge in [-0.2, -0.15) is 0 Å². The van der Waals surface area contributed by atoms with Crippen LogP contribution in [0.2, 0.25) is 0 Å². The third-order valence-electron chi connectivity index (χ3n) is 9.99. The molecule has 5 rings (SSSR count). The minimum atomic E-state index is -0.148. The highest BCUT2D eigenvalue weighted by Crippen LogP contribution is 2.66. The van der Waals surface area contributed by atoms with Gasteiger partial charge in [-0.05, 0) is 86.0 Å². The van der Waals surface area contributed by atoms with Crippen LogP contribution in [-0.4, -0.2) is 23.0 Å². The monoisotopic (exact) mass is 421 g/mol. The number of carbonyl (C=O) groups is 1. The lowest BCUT2D eigenvalue weighted by Crippen LogP contribution is -2.51. The van der Waals surface area contributed by atoms with Crippen molar-refractivity contribution < 1.29 is 9.90 Å². The molecule has 0 spiro atoms. The predicted octanol–water partition coefficient (Wildman–Crippen LogP) is 5.28. The lowest BCUT2D eigenvalue weighted by Gasteiger charge is -2.57. The normalized spacial score (nSPS) is 44.1. The van der Waals surface area contributed by atoms with Crippen LogP contribution in [0.5, 0.6) is 0 Å². The zero-order valence-corrected chi connectivity index (χ0v) is 19.4. The second kappa shape index (κ2) is 7.85. The molecule has 3 saturated carbocycles. The van der Waals surface area contributed by atoms with Gasteiger partial charge in [0.25, 0.3) is 0 Å². The SMILES string of the molecule is CC(=O)C1C(NCc2ccccc2)C[C@H]2[C@@H]3CC=C4C[C@@H](O)CC[C@]4(C)[C@H]3CC[C@]12C. The smallest absolute Gasteiger partial charge is 0.135 e. The maximum atomic E-state index is 12.9. The number of ketones is 1. The summed E-state index contributed by atoms with van der Waals surface area (Å²) in [4.78, 5) is 12.9. The number of allylic oxidation sites excluding steroid dienone is 1. The average Bonchev–Trinajstić information content (AvgIpc) is 3.06. The molecular weight excluding hydrogens is 382 g/mol. The lowest BCUT2D eigenvalue weighted by atomic mass is 9.47. The fraction of sp³-hybridized carbons (Fsp3) is 0.679. The third kappa shape index (κ3) is 3.43. The van der Waals surface area contributed by atoms with Crippen LogP contribution in [0.3, 0.4) is 0 Å². The van der Waals surface area contributed by atoms with Crippen molar-refractivity contribution in [2.24, 2.45) is 34.5 Å². The molecule has 2 N–H and O–H groups in total. The maximum Gasteiger partial charge on any atom is 0.135 e. The molecule has 4 aliphatic carbocycles. The van der Waals surface area contributed by atoms with Crippen LogP contribution in [-0.2, 0) is 11.3 Å². The molecule has 0 bridgehead atoms. The van der Waals surface area contributed by atoms with Gasteiger partial charge in [-0.3, -0.25) is 4.79 Å². The Hall–Kier alpha value is -1.45. The topological polar surface area (TPSA) is 49.3 Å². The van der Waals surface area contributed by atoms with Gasteiger partial charge < -0.3 is 10.4 Å². The minimum Gasteiger partial charge on any atom is -0.393 e. The number of hydrogen-bond acceptors (Lipinski definition) is 3. The van der Waals surface area contributed by atoms with Gasteiger partial charge in [0.15, 0.2) is 0 Å². The van der Waals surface area contributed by atoms with Crippen molar-refractivity contribution >= 4 is 5.78 Å². The first-order valence-electron chi connectivity index (χ1n) is 12.5. The van der Waals surface area contributed by atoms with E-state index in [0.717, 1.165) is 45.1 Å². The molecule has 3 fully saturated rings. The number of carbonyl (C=O) groups excluding carboxylic acids is 1. The van der Waals surface area contributed by atoms with E-state index in [4.69, 9.17) is 0 Å². The summed E-state index contributed by atoms with van der Waals surface area (Å²) in [6.45, 7) is 7.57. The van der Waals surface area contributed by atoms with Gasteiger partial charge in [-0.15, -0.1) is 0 Å². The molecule has 3 nitrogen and oxygen atoms in total. The van der Waals surface area contributed by atoms with Gasteiger partial charge in [-0.1, -0.05) is 55.8 Å². The van der Waals surface area contributed by atoms with Gasteiger partial charge in [0.05, 0.1) is 6.10 Å². The quantitative estimate of drug-likeness (QED) is 0.650. The van der Waals surface area contributed by atoms with E-state index in [1.807, 2.05) is 6.92 Å². The third-order valence-corrected chi connectivity index (χ3v) is 9.99. The van der Waals surface area contributed by atoms with Gasteiger partial charge in [-0.25, -0.2) is 0 Å². The number of aliphatic hydroxyl groups excluding tert-OH is 1. The second-order valence-corrected chi connectivity index (χ2v) is 11.5. The van der Waals surface area contributed by atoms with Crippen LogP contribution < -0.4 is 5.32 Å². The Balaban J connectivity index is 1.41. The van der Waals surface area contributed by atoms with Crippen LogP contribution in [0.4, 0.5) is 0 Å². The number of benzene rings is 1. The highest BCUT2D eigenvalue weighted by molar-refractivity contribution is 5.80. The fourth-order valence-electron chi connectivity index (χ4n) is 8.48. The summed E-state index contributed by atoms with van der Waals surface area (Å²) >= 11 is 0. The molecule has 3 heteroatoms. The van der Waals surface area contributed by atoms with Crippen LogP contribution in [0.25, 0.3) is 0 Å². The van der Waals surface area contributed by atoms with Crippen molar-refractivity contribution in [3.8, 4) is 0 Å². The Kier molecular flexibility index (Phi) is 5.42. The van der Waals surface area contributed by atoms with Crippen molar-refractivity contribution in [3.63, 3.8) is 0 Å². The number of fused-ring (bicyclic) bond motifs is 5. The number of aliphatic hydroxyl groups is 1. The Labute approximate surface area is 187 Å². The van der Waals surface area contributed by atoms with E-state index in [1.54, 1.807) is 0 Å². The van der Waals surface area contributed by atoms with Crippen molar-refractivity contribution in [2.45, 2.75) is 84.4 Å². The molecule has 0 radical (unpaired) electrons. The minimum absolute atomic E-state index is 0.108. The van der Waals surface area contributed by atoms with Crippen LogP contribution in [0, 0.1) is 34.5 Å². The summed E-state index contributed by atoms with van der Waals surface area (Å²) in [5.74, 6) is 2.48. The molecule has 8 atom stereocenters. The van der Waals surface area contributed by atoms with E-state index in [0.29, 0.717) is 23.5 Å². The van der Waals surface area contributed by atoms with Crippen LogP contribution in [0.1, 0.15) is 71.3 Å². The molecular formula is C28H39NO2. The maximum absolute atomic E-state index is 12.9. The van der Waals surface area contributed by atoms with E-state index in [9.17, 15) is 9.90 Å².